The average molecular weight is 425 g/mol. The van der Waals surface area contributed by atoms with Crippen LogP contribution in [-0.4, -0.2) is 17.6 Å². The Balaban J connectivity index is 2.20. The third-order valence-corrected chi connectivity index (χ3v) is 5.92. The monoisotopic (exact) mass is 424 g/mol. The van der Waals surface area contributed by atoms with Crippen LogP contribution in [0, 0.1) is 6.92 Å². The van der Waals surface area contributed by atoms with Gasteiger partial charge in [-0.05, 0) is 57.7 Å². The molecule has 0 radical (unpaired) electrons. The van der Waals surface area contributed by atoms with Gasteiger partial charge in [-0.2, -0.15) is 0 Å². The molecule has 0 aliphatic rings. The first kappa shape index (κ1) is 25.4. The zero-order chi connectivity index (χ0) is 22.6. The Kier molecular flexibility index (Phi) is 11.1. The van der Waals surface area contributed by atoms with E-state index >= 15 is 0 Å². The van der Waals surface area contributed by atoms with Crippen LogP contribution in [0.1, 0.15) is 95.5 Å². The maximum atomic E-state index is 6.28. The van der Waals surface area contributed by atoms with Crippen LogP contribution in [0.2, 0.25) is 0 Å². The summed E-state index contributed by atoms with van der Waals surface area (Å²) in [6, 6.07) is 8.79. The van der Waals surface area contributed by atoms with Gasteiger partial charge in [0.15, 0.2) is 0 Å². The molecule has 0 atom stereocenters. The molecule has 1 aromatic heterocycles. The van der Waals surface area contributed by atoms with Gasteiger partial charge in [-0.15, -0.1) is 0 Å². The van der Waals surface area contributed by atoms with Gasteiger partial charge in [-0.25, -0.2) is 0 Å². The summed E-state index contributed by atoms with van der Waals surface area (Å²) in [6.07, 6.45) is 10.1. The second-order valence-electron chi connectivity index (χ2n) is 8.84. The van der Waals surface area contributed by atoms with E-state index < -0.39 is 0 Å². The number of nitrogens with one attached hydrogen (secondary N) is 1. The van der Waals surface area contributed by atoms with Crippen molar-refractivity contribution in [2.24, 2.45) is 0 Å². The molecule has 0 amide bonds. The predicted octanol–water partition coefficient (Wildman–Crippen LogP) is 7.42. The van der Waals surface area contributed by atoms with E-state index in [2.05, 4.69) is 71.1 Å². The molecular weight excluding hydrogens is 380 g/mol. The normalized spacial score (nSPS) is 11.3. The van der Waals surface area contributed by atoms with Crippen molar-refractivity contribution in [2.75, 3.05) is 6.54 Å². The highest BCUT2D eigenvalue weighted by atomic mass is 16.5. The molecule has 0 aliphatic carbocycles. The van der Waals surface area contributed by atoms with Crippen LogP contribution in [0.15, 0.2) is 24.3 Å². The number of hydrogen-bond donors (Lipinski definition) is 1. The van der Waals surface area contributed by atoms with Gasteiger partial charge in [0.25, 0.3) is 0 Å². The molecular formula is C28H44N2O. The van der Waals surface area contributed by atoms with E-state index in [0.29, 0.717) is 0 Å². The summed E-state index contributed by atoms with van der Waals surface area (Å²) in [5.41, 5.74) is 7.30. The van der Waals surface area contributed by atoms with Gasteiger partial charge in [-0.1, -0.05) is 71.1 Å². The SMILES string of the molecule is CCCCCCCCNCc1c(OC(C)C)cc(-c2c(CC)cccc2CC)nc1C. The minimum atomic E-state index is 0.138. The largest absolute Gasteiger partial charge is 0.491 e. The van der Waals surface area contributed by atoms with E-state index in [0.717, 1.165) is 43.1 Å². The lowest BCUT2D eigenvalue weighted by atomic mass is 9.94. The quantitative estimate of drug-likeness (QED) is 0.320. The fraction of sp³-hybridized carbons (Fsp3) is 0.607. The highest BCUT2D eigenvalue weighted by Gasteiger charge is 2.17. The Bertz CT molecular complexity index is 776. The first-order chi connectivity index (χ1) is 15.0. The maximum Gasteiger partial charge on any atom is 0.128 e. The highest BCUT2D eigenvalue weighted by Crippen LogP contribution is 2.33. The Morgan fingerprint density at radius 3 is 2.19 bits per heavy atom. The Hall–Kier alpha value is -1.87. The van der Waals surface area contributed by atoms with Gasteiger partial charge in [0.2, 0.25) is 0 Å². The third-order valence-electron chi connectivity index (χ3n) is 5.92. The average Bonchev–Trinajstić information content (AvgIpc) is 2.75. The van der Waals surface area contributed by atoms with Crippen molar-refractivity contribution < 1.29 is 4.74 Å². The summed E-state index contributed by atoms with van der Waals surface area (Å²) in [7, 11) is 0. The molecule has 172 valence electrons. The molecule has 1 N–H and O–H groups in total. The lowest BCUT2D eigenvalue weighted by Crippen LogP contribution is -2.18. The fourth-order valence-electron chi connectivity index (χ4n) is 4.19. The maximum absolute atomic E-state index is 6.28. The number of ether oxygens (including phenoxy) is 1. The summed E-state index contributed by atoms with van der Waals surface area (Å²) < 4.78 is 6.28. The molecule has 1 aromatic carbocycles. The van der Waals surface area contributed by atoms with Gasteiger partial charge in [0.1, 0.15) is 5.75 Å². The van der Waals surface area contributed by atoms with Crippen LogP contribution in [0.5, 0.6) is 5.75 Å². The molecule has 0 unspecified atom stereocenters. The number of aromatic nitrogens is 1. The van der Waals surface area contributed by atoms with Gasteiger partial charge < -0.3 is 10.1 Å². The van der Waals surface area contributed by atoms with Crippen molar-refractivity contribution >= 4 is 0 Å². The predicted molar refractivity (Wildman–Crippen MR) is 134 cm³/mol. The summed E-state index contributed by atoms with van der Waals surface area (Å²) >= 11 is 0. The molecule has 2 rings (SSSR count). The molecule has 1 heterocycles. The highest BCUT2D eigenvalue weighted by molar-refractivity contribution is 5.70. The first-order valence-corrected chi connectivity index (χ1v) is 12.5. The number of hydrogen-bond acceptors (Lipinski definition) is 3. The van der Waals surface area contributed by atoms with Crippen LogP contribution in [0.3, 0.4) is 0 Å². The Labute approximate surface area is 191 Å². The lowest BCUT2D eigenvalue weighted by molar-refractivity contribution is 0.239. The molecule has 0 saturated heterocycles. The first-order valence-electron chi connectivity index (χ1n) is 12.5. The zero-order valence-electron chi connectivity index (χ0n) is 20.8. The van der Waals surface area contributed by atoms with E-state index in [4.69, 9.17) is 9.72 Å². The van der Waals surface area contributed by atoms with Crippen LogP contribution in [0.4, 0.5) is 0 Å². The number of unbranched alkanes of at least 4 members (excludes halogenated alkanes) is 5. The molecule has 2 aromatic rings. The smallest absolute Gasteiger partial charge is 0.128 e. The molecule has 0 saturated carbocycles. The number of nitrogens with zero attached hydrogens (tertiary/aromatic N) is 1. The Morgan fingerprint density at radius 2 is 1.58 bits per heavy atom. The van der Waals surface area contributed by atoms with Crippen LogP contribution in [-0.2, 0) is 19.4 Å². The van der Waals surface area contributed by atoms with Crippen molar-refractivity contribution in [3.05, 3.63) is 46.6 Å². The standard InChI is InChI=1S/C28H44N2O/c1-7-10-11-12-13-14-18-29-20-25-22(6)30-26(19-27(25)31-21(4)5)28-23(8-2)16-15-17-24(28)9-3/h15-17,19,21,29H,7-14,18,20H2,1-6H3. The summed E-state index contributed by atoms with van der Waals surface area (Å²) in [6.45, 7) is 14.9. The van der Waals surface area contributed by atoms with Crippen molar-refractivity contribution in [1.29, 1.82) is 0 Å². The Morgan fingerprint density at radius 1 is 0.935 bits per heavy atom. The number of aryl methyl sites for hydroxylation is 3. The van der Waals surface area contributed by atoms with Crippen molar-refractivity contribution in [3.63, 3.8) is 0 Å². The lowest BCUT2D eigenvalue weighted by Gasteiger charge is -2.20. The van der Waals surface area contributed by atoms with Crippen LogP contribution in [0.25, 0.3) is 11.3 Å². The van der Waals surface area contributed by atoms with Crippen LogP contribution >= 0.6 is 0 Å². The summed E-state index contributed by atoms with van der Waals surface area (Å²) in [5.74, 6) is 0.973. The zero-order valence-corrected chi connectivity index (χ0v) is 20.8. The molecule has 0 fully saturated rings. The number of benzene rings is 1. The van der Waals surface area contributed by atoms with Gasteiger partial charge in [-0.3, -0.25) is 4.98 Å². The molecule has 0 spiro atoms. The van der Waals surface area contributed by atoms with E-state index in [1.165, 1.54) is 60.8 Å². The topological polar surface area (TPSA) is 34.1 Å². The molecule has 3 heteroatoms. The fourth-order valence-corrected chi connectivity index (χ4v) is 4.19. The minimum Gasteiger partial charge on any atom is -0.491 e. The summed E-state index contributed by atoms with van der Waals surface area (Å²) in [5, 5.41) is 3.63. The minimum absolute atomic E-state index is 0.138. The second kappa shape index (κ2) is 13.5. The molecule has 31 heavy (non-hydrogen) atoms. The molecule has 3 nitrogen and oxygen atoms in total. The van der Waals surface area contributed by atoms with Crippen molar-refractivity contribution in [1.82, 2.24) is 10.3 Å². The molecule has 0 aliphatic heterocycles. The van der Waals surface area contributed by atoms with Gasteiger partial charge >= 0.3 is 0 Å². The van der Waals surface area contributed by atoms with E-state index in [-0.39, 0.29) is 6.10 Å². The van der Waals surface area contributed by atoms with Crippen molar-refractivity contribution in [3.8, 4) is 17.0 Å². The number of rotatable bonds is 14. The third kappa shape index (κ3) is 7.64. The summed E-state index contributed by atoms with van der Waals surface area (Å²) in [4.78, 5) is 5.06. The van der Waals surface area contributed by atoms with Gasteiger partial charge in [0, 0.05) is 29.4 Å². The van der Waals surface area contributed by atoms with Crippen LogP contribution < -0.4 is 10.1 Å². The van der Waals surface area contributed by atoms with Gasteiger partial charge in [0.05, 0.1) is 11.8 Å². The van der Waals surface area contributed by atoms with E-state index in [1.807, 2.05) is 0 Å². The van der Waals surface area contributed by atoms with E-state index in [1.54, 1.807) is 0 Å². The molecule has 0 bridgehead atoms. The second-order valence-corrected chi connectivity index (χ2v) is 8.84. The van der Waals surface area contributed by atoms with E-state index in [9.17, 15) is 0 Å². The van der Waals surface area contributed by atoms with Crippen molar-refractivity contribution in [2.45, 2.75) is 106 Å². The number of pyridine rings is 1.